The van der Waals surface area contributed by atoms with Crippen LogP contribution in [0, 0.1) is 13.0 Å². The summed E-state index contributed by atoms with van der Waals surface area (Å²) >= 11 is 0. The van der Waals surface area contributed by atoms with Crippen molar-refractivity contribution in [1.82, 2.24) is 9.97 Å². The van der Waals surface area contributed by atoms with Gasteiger partial charge in [0.2, 0.25) is 0 Å². The first-order valence-corrected chi connectivity index (χ1v) is 8.00. The zero-order valence-electron chi connectivity index (χ0n) is 14.9. The van der Waals surface area contributed by atoms with Crippen molar-refractivity contribution in [2.45, 2.75) is 33.6 Å². The number of hydrogen-bond acceptors (Lipinski definition) is 2. The third kappa shape index (κ3) is 6.41. The Morgan fingerprint density at radius 3 is 2.40 bits per heavy atom. The van der Waals surface area contributed by atoms with Crippen molar-refractivity contribution in [3.63, 3.8) is 0 Å². The average molecular weight is 511 g/mol. The van der Waals surface area contributed by atoms with Crippen molar-refractivity contribution in [2.24, 2.45) is 0 Å². The van der Waals surface area contributed by atoms with Crippen LogP contribution in [0.3, 0.4) is 0 Å². The molecule has 3 rings (SSSR count). The summed E-state index contributed by atoms with van der Waals surface area (Å²) in [6.45, 7) is 7.96. The van der Waals surface area contributed by atoms with Crippen LogP contribution in [-0.2, 0) is 20.1 Å². The van der Waals surface area contributed by atoms with Gasteiger partial charge in [0.05, 0.1) is 0 Å². The van der Waals surface area contributed by atoms with Gasteiger partial charge in [0, 0.05) is 26.3 Å². The maximum absolute atomic E-state index is 10.4. The minimum absolute atomic E-state index is 0. The summed E-state index contributed by atoms with van der Waals surface area (Å²) in [5.74, 6) is 0.575. The largest absolute Gasteiger partial charge is 0.661 e. The molecule has 0 amide bonds. The van der Waals surface area contributed by atoms with Gasteiger partial charge in [-0.15, -0.1) is 35.4 Å². The molecule has 0 aliphatic rings. The van der Waals surface area contributed by atoms with Gasteiger partial charge in [0.15, 0.2) is 0 Å². The predicted molar refractivity (Wildman–Crippen MR) is 97.1 cm³/mol. The van der Waals surface area contributed by atoms with E-state index in [2.05, 4.69) is 61.1 Å². The quantitative estimate of drug-likeness (QED) is 0.375. The first-order chi connectivity index (χ1) is 11.5. The van der Waals surface area contributed by atoms with Crippen molar-refractivity contribution < 1.29 is 24.9 Å². The third-order valence-corrected chi connectivity index (χ3v) is 3.61. The number of Topliss-reactive ketones (excluding diaryl/α,β-unsaturated/α-hetero) is 1. The molecule has 0 saturated heterocycles. The molecule has 0 aliphatic heterocycles. The summed E-state index contributed by atoms with van der Waals surface area (Å²) in [5, 5.41) is 0. The van der Waals surface area contributed by atoms with E-state index in [1.165, 1.54) is 18.1 Å². The van der Waals surface area contributed by atoms with E-state index in [4.69, 9.17) is 0 Å². The molecule has 0 fully saturated rings. The van der Waals surface area contributed by atoms with E-state index in [0.29, 0.717) is 11.6 Å². The van der Waals surface area contributed by atoms with Crippen LogP contribution >= 0.6 is 0 Å². The first kappa shape index (κ1) is 21.0. The molecule has 2 aromatic heterocycles. The van der Waals surface area contributed by atoms with Crippen molar-refractivity contribution in [3.8, 4) is 11.3 Å². The number of ketones is 1. The fourth-order valence-electron chi connectivity index (χ4n) is 2.15. The number of hydrogen-bond donors (Lipinski definition) is 0. The van der Waals surface area contributed by atoms with Gasteiger partial charge in [0.1, 0.15) is 5.78 Å². The molecule has 0 atom stereocenters. The zero-order valence-corrected chi connectivity index (χ0v) is 17.3. The number of pyridine rings is 1. The fraction of sp³-hybridized carbons (Fsp3) is 0.238. The van der Waals surface area contributed by atoms with Gasteiger partial charge in [-0.3, -0.25) is 4.79 Å². The van der Waals surface area contributed by atoms with E-state index in [1.54, 1.807) is 18.3 Å². The molecule has 1 radical (unpaired) electrons. The second-order valence-corrected chi connectivity index (χ2v) is 5.99. The Kier molecular flexibility index (Phi) is 8.47. The number of aromatic nitrogens is 2. The van der Waals surface area contributed by atoms with E-state index in [0.717, 1.165) is 11.3 Å². The number of carbonyl (C=O) groups is 1. The summed E-state index contributed by atoms with van der Waals surface area (Å²) in [6.07, 6.45) is 3.45. The van der Waals surface area contributed by atoms with E-state index in [-0.39, 0.29) is 25.9 Å². The number of rotatable bonds is 3. The second-order valence-electron chi connectivity index (χ2n) is 5.99. The molecule has 0 N–H and O–H groups in total. The van der Waals surface area contributed by atoms with Crippen LogP contribution in [0.4, 0.5) is 0 Å². The van der Waals surface area contributed by atoms with Crippen LogP contribution in [-0.4, -0.2) is 10.8 Å². The van der Waals surface area contributed by atoms with Gasteiger partial charge in [-0.25, -0.2) is 0 Å². The molecule has 133 valence electrons. The molecule has 0 aliphatic carbocycles. The molecule has 25 heavy (non-hydrogen) atoms. The minimum atomic E-state index is 0. The average Bonchev–Trinajstić information content (AvgIpc) is 3.10. The Bertz CT molecular complexity index is 778. The van der Waals surface area contributed by atoms with Crippen molar-refractivity contribution >= 4 is 5.78 Å². The van der Waals surface area contributed by atoms with Gasteiger partial charge < -0.3 is 9.97 Å². The fourth-order valence-corrected chi connectivity index (χ4v) is 2.15. The van der Waals surface area contributed by atoms with Crippen LogP contribution in [0.15, 0.2) is 54.9 Å². The molecule has 2 heterocycles. The molecule has 0 bridgehead atoms. The van der Waals surface area contributed by atoms with Gasteiger partial charge >= 0.3 is 0 Å². The molecule has 4 heteroatoms. The predicted octanol–water partition coefficient (Wildman–Crippen LogP) is 4.82. The molecule has 0 saturated carbocycles. The van der Waals surface area contributed by atoms with E-state index >= 15 is 0 Å². The smallest absolute Gasteiger partial charge is 0.138 e. The van der Waals surface area contributed by atoms with Crippen LogP contribution in [0.1, 0.15) is 48.3 Å². The normalized spacial score (nSPS) is 9.80. The Morgan fingerprint density at radius 2 is 1.96 bits per heavy atom. The van der Waals surface area contributed by atoms with E-state index in [9.17, 15) is 4.79 Å². The standard InChI is InChI=1S/C15H16N.C6H7NO.Ir/c1-11(2)13-4-6-14(7-5-13)15-10-12(3)8-9-16-15;1-5(8)6-3-2-4-7-6;/h4-6,8-11H,1-3H3;2-4H,1H3,(H,7,8);/q-1;;/p-1. The zero-order chi connectivity index (χ0) is 17.5. The second kappa shape index (κ2) is 10.1. The maximum Gasteiger partial charge on any atom is 0.138 e. The summed E-state index contributed by atoms with van der Waals surface area (Å²) in [5.41, 5.74) is 5.15. The SMILES string of the molecule is CC(=O)c1ccc[n-]1.Cc1ccnc(-c2[c-]cc(C(C)C)cc2)c1.[Ir]. The van der Waals surface area contributed by atoms with Gasteiger partial charge in [-0.05, 0) is 25.6 Å². The molecule has 0 unspecified atom stereocenters. The number of carbonyl (C=O) groups excluding carboxylic acids is 1. The maximum atomic E-state index is 10.4. The molecular weight excluding hydrogens is 488 g/mol. The molecule has 0 spiro atoms. The van der Waals surface area contributed by atoms with Gasteiger partial charge in [-0.1, -0.05) is 49.2 Å². The Hall–Kier alpha value is -2.03. The Balaban J connectivity index is 0.000000295. The van der Waals surface area contributed by atoms with E-state index < -0.39 is 0 Å². The van der Waals surface area contributed by atoms with Crippen LogP contribution in [0.5, 0.6) is 0 Å². The molecule has 1 aromatic carbocycles. The number of aryl methyl sites for hydroxylation is 1. The van der Waals surface area contributed by atoms with Crippen molar-refractivity contribution in [1.29, 1.82) is 0 Å². The summed E-state index contributed by atoms with van der Waals surface area (Å²) in [4.78, 5) is 18.6. The van der Waals surface area contributed by atoms with E-state index in [1.807, 2.05) is 12.3 Å². The topological polar surface area (TPSA) is 44.1 Å². The Morgan fingerprint density at radius 1 is 1.20 bits per heavy atom. The van der Waals surface area contributed by atoms with Gasteiger partial charge in [0.25, 0.3) is 0 Å². The first-order valence-electron chi connectivity index (χ1n) is 8.00. The molecular formula is C21H22IrN2O-2. The van der Waals surface area contributed by atoms with Crippen LogP contribution < -0.4 is 4.98 Å². The van der Waals surface area contributed by atoms with Crippen LogP contribution in [0.25, 0.3) is 11.3 Å². The summed E-state index contributed by atoms with van der Waals surface area (Å²) in [6, 6.07) is 17.1. The number of benzene rings is 1. The third-order valence-electron chi connectivity index (χ3n) is 3.61. The van der Waals surface area contributed by atoms with Crippen molar-refractivity contribution in [2.75, 3.05) is 0 Å². The summed E-state index contributed by atoms with van der Waals surface area (Å²) in [7, 11) is 0. The molecule has 3 aromatic rings. The minimum Gasteiger partial charge on any atom is -0.661 e. The molecule has 3 nitrogen and oxygen atoms in total. The summed E-state index contributed by atoms with van der Waals surface area (Å²) < 4.78 is 0. The van der Waals surface area contributed by atoms with Crippen molar-refractivity contribution in [3.05, 3.63) is 77.7 Å². The monoisotopic (exact) mass is 511 g/mol. The van der Waals surface area contributed by atoms with Gasteiger partial charge in [-0.2, -0.15) is 6.20 Å². The number of nitrogens with zero attached hydrogens (tertiary/aromatic N) is 2. The Labute approximate surface area is 163 Å². The van der Waals surface area contributed by atoms with Crippen LogP contribution in [0.2, 0.25) is 0 Å².